The molecule has 146 valence electrons. The highest BCUT2D eigenvalue weighted by atomic mass is 16.2. The van der Waals surface area contributed by atoms with Crippen molar-refractivity contribution in [2.45, 2.75) is 45.2 Å². The van der Waals surface area contributed by atoms with Crippen molar-refractivity contribution in [1.29, 1.82) is 0 Å². The van der Waals surface area contributed by atoms with Crippen LogP contribution in [0.5, 0.6) is 0 Å². The van der Waals surface area contributed by atoms with Gasteiger partial charge >= 0.3 is 0 Å². The largest absolute Gasteiger partial charge is 0.357 e. The zero-order valence-electron chi connectivity index (χ0n) is 16.1. The number of hydrogen-bond donors (Lipinski definition) is 2. The van der Waals surface area contributed by atoms with Crippen LogP contribution in [0, 0.1) is 6.92 Å². The Bertz CT molecular complexity index is 970. The lowest BCUT2D eigenvalue weighted by molar-refractivity contribution is -0.117. The van der Waals surface area contributed by atoms with Crippen molar-refractivity contribution >= 4 is 17.7 Å². The summed E-state index contributed by atoms with van der Waals surface area (Å²) in [5.41, 5.74) is 2.47. The number of nitrogens with zero attached hydrogens (tertiary/aromatic N) is 6. The summed E-state index contributed by atoms with van der Waals surface area (Å²) in [5, 5.41) is 14.6. The molecule has 0 radical (unpaired) electrons. The number of nitrogens with one attached hydrogen (secondary N) is 2. The van der Waals surface area contributed by atoms with Gasteiger partial charge in [-0.2, -0.15) is 10.2 Å². The smallest absolute Gasteiger partial charge is 0.247 e. The molecule has 4 rings (SSSR count). The van der Waals surface area contributed by atoms with E-state index in [0.717, 1.165) is 35.6 Å². The number of aryl methyl sites for hydroxylation is 1. The van der Waals surface area contributed by atoms with Crippen LogP contribution in [-0.2, 0) is 11.3 Å². The first kappa shape index (κ1) is 18.1. The van der Waals surface area contributed by atoms with Crippen LogP contribution in [0.15, 0.2) is 30.7 Å². The number of carbonyl (C=O) groups excluding carboxylic acids is 1. The highest BCUT2D eigenvalue weighted by Gasteiger charge is 2.20. The molecule has 9 heteroatoms. The summed E-state index contributed by atoms with van der Waals surface area (Å²) in [7, 11) is 1.78. The number of hydrogen-bond acceptors (Lipinski definition) is 6. The molecule has 0 atom stereocenters. The number of aromatic nitrogens is 6. The summed E-state index contributed by atoms with van der Waals surface area (Å²) >= 11 is 0. The van der Waals surface area contributed by atoms with Gasteiger partial charge in [-0.05, 0) is 25.8 Å². The summed E-state index contributed by atoms with van der Waals surface area (Å²) in [6, 6.07) is 4.11. The van der Waals surface area contributed by atoms with E-state index in [1.807, 2.05) is 29.9 Å². The first-order valence-electron chi connectivity index (χ1n) is 9.52. The molecule has 0 aromatic carbocycles. The van der Waals surface area contributed by atoms with Crippen molar-refractivity contribution < 1.29 is 4.79 Å². The summed E-state index contributed by atoms with van der Waals surface area (Å²) in [4.78, 5) is 21.2. The van der Waals surface area contributed by atoms with E-state index in [1.54, 1.807) is 24.1 Å². The van der Waals surface area contributed by atoms with Crippen LogP contribution in [0.4, 0.5) is 11.8 Å². The lowest BCUT2D eigenvalue weighted by atomic mass is 10.2. The molecule has 0 aliphatic heterocycles. The highest BCUT2D eigenvalue weighted by molar-refractivity contribution is 5.89. The molecule has 3 aromatic heterocycles. The molecular formula is C19H24N8O. The van der Waals surface area contributed by atoms with Crippen LogP contribution >= 0.6 is 0 Å². The fraction of sp³-hybridized carbons (Fsp3) is 0.421. The third-order valence-electron chi connectivity index (χ3n) is 4.92. The van der Waals surface area contributed by atoms with Crippen molar-refractivity contribution in [3.05, 3.63) is 36.4 Å². The fourth-order valence-electron chi connectivity index (χ4n) is 3.59. The van der Waals surface area contributed by atoms with Crippen molar-refractivity contribution in [3.63, 3.8) is 0 Å². The molecule has 1 amide bonds. The molecule has 1 saturated carbocycles. The molecule has 3 aromatic rings. The van der Waals surface area contributed by atoms with E-state index >= 15 is 0 Å². The van der Waals surface area contributed by atoms with E-state index in [-0.39, 0.29) is 12.5 Å². The van der Waals surface area contributed by atoms with E-state index in [0.29, 0.717) is 12.0 Å². The van der Waals surface area contributed by atoms with Gasteiger partial charge in [-0.15, -0.1) is 0 Å². The monoisotopic (exact) mass is 380 g/mol. The molecule has 1 fully saturated rings. The molecule has 0 spiro atoms. The Morgan fingerprint density at radius 2 is 2.07 bits per heavy atom. The van der Waals surface area contributed by atoms with Gasteiger partial charge in [-0.1, -0.05) is 12.8 Å². The topological polar surface area (TPSA) is 103 Å². The molecule has 2 N–H and O–H groups in total. The number of carbonyl (C=O) groups is 1. The molecule has 0 saturated heterocycles. The summed E-state index contributed by atoms with van der Waals surface area (Å²) < 4.78 is 3.54. The quantitative estimate of drug-likeness (QED) is 0.681. The zero-order chi connectivity index (χ0) is 19.5. The SMILES string of the molecule is CNc1nc(C)cc(-c2cnn(CC(=O)Nc3ccnn3C3CCCC3)c2)n1. The summed E-state index contributed by atoms with van der Waals surface area (Å²) in [5.74, 6) is 1.17. The van der Waals surface area contributed by atoms with E-state index in [4.69, 9.17) is 0 Å². The Balaban J connectivity index is 1.44. The molecule has 3 heterocycles. The fourth-order valence-corrected chi connectivity index (χ4v) is 3.59. The van der Waals surface area contributed by atoms with E-state index in [1.165, 1.54) is 12.8 Å². The van der Waals surface area contributed by atoms with Gasteiger partial charge in [0, 0.05) is 30.6 Å². The number of anilines is 2. The normalized spacial score (nSPS) is 14.4. The standard InChI is InChI=1S/C19H24N8O/c1-13-9-16(24-19(20-2)23-13)14-10-22-26(11-14)12-18(28)25-17-7-8-21-27(17)15-5-3-4-6-15/h7-11,15H,3-6,12H2,1-2H3,(H,25,28)(H,20,23,24). The minimum absolute atomic E-state index is 0.124. The predicted octanol–water partition coefficient (Wildman–Crippen LogP) is 2.64. The first-order valence-corrected chi connectivity index (χ1v) is 9.52. The van der Waals surface area contributed by atoms with Crippen molar-refractivity contribution in [3.8, 4) is 11.3 Å². The number of rotatable bonds is 6. The molecule has 1 aliphatic carbocycles. The molecule has 0 unspecified atom stereocenters. The second-order valence-electron chi connectivity index (χ2n) is 7.04. The maximum Gasteiger partial charge on any atom is 0.247 e. The lowest BCUT2D eigenvalue weighted by Gasteiger charge is -2.14. The number of amides is 1. The van der Waals surface area contributed by atoms with Gasteiger partial charge in [0.2, 0.25) is 11.9 Å². The van der Waals surface area contributed by atoms with Crippen LogP contribution < -0.4 is 10.6 Å². The molecular weight excluding hydrogens is 356 g/mol. The molecule has 1 aliphatic rings. The average Bonchev–Trinajstić information content (AvgIpc) is 3.42. The van der Waals surface area contributed by atoms with Crippen LogP contribution in [0.3, 0.4) is 0 Å². The van der Waals surface area contributed by atoms with Crippen LogP contribution in [0.2, 0.25) is 0 Å². The molecule has 28 heavy (non-hydrogen) atoms. The van der Waals surface area contributed by atoms with Crippen molar-refractivity contribution in [2.24, 2.45) is 0 Å². The summed E-state index contributed by atoms with van der Waals surface area (Å²) in [6.07, 6.45) is 9.90. The first-order chi connectivity index (χ1) is 13.6. The molecule has 0 bridgehead atoms. The Kier molecular flexibility index (Phi) is 5.05. The maximum absolute atomic E-state index is 12.5. The molecule has 9 nitrogen and oxygen atoms in total. The highest BCUT2D eigenvalue weighted by Crippen LogP contribution is 2.31. The van der Waals surface area contributed by atoms with Crippen molar-refractivity contribution in [1.82, 2.24) is 29.5 Å². The average molecular weight is 380 g/mol. The van der Waals surface area contributed by atoms with Gasteiger partial charge < -0.3 is 10.6 Å². The second-order valence-corrected chi connectivity index (χ2v) is 7.04. The van der Waals surface area contributed by atoms with Gasteiger partial charge in [-0.25, -0.2) is 14.6 Å². The van der Waals surface area contributed by atoms with Crippen LogP contribution in [0.1, 0.15) is 37.4 Å². The van der Waals surface area contributed by atoms with Crippen molar-refractivity contribution in [2.75, 3.05) is 17.7 Å². The third kappa shape index (κ3) is 3.88. The predicted molar refractivity (Wildman–Crippen MR) is 106 cm³/mol. The zero-order valence-corrected chi connectivity index (χ0v) is 16.1. The van der Waals surface area contributed by atoms with Gasteiger partial charge in [0.05, 0.1) is 24.1 Å². The lowest BCUT2D eigenvalue weighted by Crippen LogP contribution is -2.22. The maximum atomic E-state index is 12.5. The van der Waals surface area contributed by atoms with Gasteiger partial charge in [0.15, 0.2) is 0 Å². The van der Waals surface area contributed by atoms with Crippen LogP contribution in [-0.4, -0.2) is 42.5 Å². The Hall–Kier alpha value is -3.23. The van der Waals surface area contributed by atoms with E-state index in [9.17, 15) is 4.79 Å². The van der Waals surface area contributed by atoms with Gasteiger partial charge in [0.1, 0.15) is 12.4 Å². The third-order valence-corrected chi connectivity index (χ3v) is 4.92. The van der Waals surface area contributed by atoms with Gasteiger partial charge in [0.25, 0.3) is 0 Å². The van der Waals surface area contributed by atoms with Gasteiger partial charge in [-0.3, -0.25) is 9.48 Å². The Morgan fingerprint density at radius 3 is 2.86 bits per heavy atom. The minimum atomic E-state index is -0.135. The minimum Gasteiger partial charge on any atom is -0.357 e. The van der Waals surface area contributed by atoms with E-state index < -0.39 is 0 Å². The Morgan fingerprint density at radius 1 is 1.25 bits per heavy atom. The summed E-state index contributed by atoms with van der Waals surface area (Å²) in [6.45, 7) is 2.04. The second kappa shape index (κ2) is 7.79. The van der Waals surface area contributed by atoms with Crippen LogP contribution in [0.25, 0.3) is 11.3 Å². The Labute approximate surface area is 163 Å². The van der Waals surface area contributed by atoms with E-state index in [2.05, 4.69) is 30.8 Å².